The number of aromatic nitrogens is 2. The fraction of sp³-hybridized carbons (Fsp3) is 0.263. The molecule has 0 spiro atoms. The molecule has 6 nitrogen and oxygen atoms in total. The van der Waals surface area contributed by atoms with Crippen LogP contribution in [0.1, 0.15) is 19.5 Å². The van der Waals surface area contributed by atoms with E-state index >= 15 is 0 Å². The van der Waals surface area contributed by atoms with Gasteiger partial charge in [0.2, 0.25) is 0 Å². The van der Waals surface area contributed by atoms with Gasteiger partial charge in [-0.3, -0.25) is 4.79 Å². The average Bonchev–Trinajstić information content (AvgIpc) is 3.04. The maximum atomic E-state index is 11.9. The zero-order valence-electron chi connectivity index (χ0n) is 14.3. The Labute approximate surface area is 146 Å². The minimum Gasteiger partial charge on any atom is -0.487 e. The van der Waals surface area contributed by atoms with Crippen molar-refractivity contribution in [1.82, 2.24) is 9.38 Å². The molecule has 1 atom stereocenters. The van der Waals surface area contributed by atoms with Crippen LogP contribution >= 0.6 is 0 Å². The van der Waals surface area contributed by atoms with Crippen LogP contribution in [0.25, 0.3) is 5.65 Å². The van der Waals surface area contributed by atoms with Gasteiger partial charge in [0.05, 0.1) is 5.69 Å². The number of benzene rings is 1. The molecule has 0 radical (unpaired) electrons. The third-order valence-corrected chi connectivity index (χ3v) is 3.71. The second-order valence-corrected chi connectivity index (χ2v) is 5.60. The number of carbonyl (C=O) groups excluding carboxylic acids is 1. The molecule has 25 heavy (non-hydrogen) atoms. The van der Waals surface area contributed by atoms with Crippen molar-refractivity contribution in [1.29, 1.82) is 0 Å². The van der Waals surface area contributed by atoms with Gasteiger partial charge in [-0.2, -0.15) is 0 Å². The standard InChI is InChI=1S/C19H21N3O3/c1-3-24-14(2)19(23)21-15-7-9-17(10-8-15)25-13-16-12-22-11-5-4-6-18(22)20-16/h4-12,14H,3,13H2,1-2H3,(H,21,23). The summed E-state index contributed by atoms with van der Waals surface area (Å²) in [4.78, 5) is 16.4. The third kappa shape index (κ3) is 4.36. The Morgan fingerprint density at radius 2 is 2.04 bits per heavy atom. The molecule has 0 saturated carbocycles. The number of imidazole rings is 1. The molecule has 0 saturated heterocycles. The second kappa shape index (κ2) is 7.81. The molecular weight excluding hydrogens is 318 g/mol. The van der Waals surface area contributed by atoms with E-state index in [1.807, 2.05) is 54.0 Å². The fourth-order valence-corrected chi connectivity index (χ4v) is 2.42. The second-order valence-electron chi connectivity index (χ2n) is 5.60. The number of rotatable bonds is 7. The molecule has 0 fully saturated rings. The highest BCUT2D eigenvalue weighted by atomic mass is 16.5. The minimum absolute atomic E-state index is 0.166. The van der Waals surface area contributed by atoms with E-state index in [-0.39, 0.29) is 5.91 Å². The SMILES string of the molecule is CCOC(C)C(=O)Nc1ccc(OCc2cn3ccccc3n2)cc1. The molecular formula is C19H21N3O3. The summed E-state index contributed by atoms with van der Waals surface area (Å²) in [6.07, 6.45) is 3.42. The van der Waals surface area contributed by atoms with Crippen molar-refractivity contribution in [2.75, 3.05) is 11.9 Å². The van der Waals surface area contributed by atoms with Gasteiger partial charge in [-0.25, -0.2) is 4.98 Å². The van der Waals surface area contributed by atoms with E-state index in [4.69, 9.17) is 9.47 Å². The number of hydrogen-bond acceptors (Lipinski definition) is 4. The Hall–Kier alpha value is -2.86. The smallest absolute Gasteiger partial charge is 0.253 e. The third-order valence-electron chi connectivity index (χ3n) is 3.71. The summed E-state index contributed by atoms with van der Waals surface area (Å²) in [5.74, 6) is 0.549. The maximum absolute atomic E-state index is 11.9. The minimum atomic E-state index is -0.476. The van der Waals surface area contributed by atoms with Crippen molar-refractivity contribution in [2.45, 2.75) is 26.6 Å². The van der Waals surface area contributed by atoms with Crippen LogP contribution in [0.5, 0.6) is 5.75 Å². The molecule has 130 valence electrons. The first-order chi connectivity index (χ1) is 12.2. The van der Waals surface area contributed by atoms with Crippen molar-refractivity contribution in [3.8, 4) is 5.75 Å². The Kier molecular flexibility index (Phi) is 5.30. The molecule has 2 aromatic heterocycles. The first-order valence-electron chi connectivity index (χ1n) is 8.23. The molecule has 0 aliphatic rings. The van der Waals surface area contributed by atoms with Crippen LogP contribution in [-0.4, -0.2) is 28.0 Å². The highest BCUT2D eigenvalue weighted by molar-refractivity contribution is 5.93. The average molecular weight is 339 g/mol. The van der Waals surface area contributed by atoms with Gasteiger partial charge in [-0.15, -0.1) is 0 Å². The van der Waals surface area contributed by atoms with E-state index in [1.54, 1.807) is 19.1 Å². The number of hydrogen-bond donors (Lipinski definition) is 1. The summed E-state index contributed by atoms with van der Waals surface area (Å²) in [6, 6.07) is 13.1. The summed E-state index contributed by atoms with van der Waals surface area (Å²) >= 11 is 0. The lowest BCUT2D eigenvalue weighted by Crippen LogP contribution is -2.27. The van der Waals surface area contributed by atoms with E-state index in [1.165, 1.54) is 0 Å². The quantitative estimate of drug-likeness (QED) is 0.717. The molecule has 3 rings (SSSR count). The van der Waals surface area contributed by atoms with E-state index in [0.717, 1.165) is 11.3 Å². The van der Waals surface area contributed by atoms with Gasteiger partial charge in [0.25, 0.3) is 5.91 Å². The van der Waals surface area contributed by atoms with E-state index in [2.05, 4.69) is 10.3 Å². The zero-order chi connectivity index (χ0) is 17.6. The number of anilines is 1. The van der Waals surface area contributed by atoms with Gasteiger partial charge in [0.1, 0.15) is 24.1 Å². The number of fused-ring (bicyclic) bond motifs is 1. The molecule has 1 N–H and O–H groups in total. The van der Waals surface area contributed by atoms with Crippen LogP contribution < -0.4 is 10.1 Å². The molecule has 1 amide bonds. The molecule has 0 aliphatic carbocycles. The number of ether oxygens (including phenoxy) is 2. The maximum Gasteiger partial charge on any atom is 0.253 e. The first-order valence-corrected chi connectivity index (χ1v) is 8.23. The molecule has 1 unspecified atom stereocenters. The van der Waals surface area contributed by atoms with Crippen LogP contribution in [0, 0.1) is 0 Å². The number of amides is 1. The van der Waals surface area contributed by atoms with Gasteiger partial charge < -0.3 is 19.2 Å². The van der Waals surface area contributed by atoms with E-state index < -0.39 is 6.10 Å². The van der Waals surface area contributed by atoms with Crippen molar-refractivity contribution >= 4 is 17.2 Å². The molecule has 1 aromatic carbocycles. The monoisotopic (exact) mass is 339 g/mol. The summed E-state index contributed by atoms with van der Waals surface area (Å²) in [5, 5.41) is 2.81. The van der Waals surface area contributed by atoms with Crippen LogP contribution in [0.4, 0.5) is 5.69 Å². The van der Waals surface area contributed by atoms with E-state index in [0.29, 0.717) is 24.7 Å². The predicted octanol–water partition coefficient (Wildman–Crippen LogP) is 3.28. The highest BCUT2D eigenvalue weighted by Crippen LogP contribution is 2.17. The van der Waals surface area contributed by atoms with Crippen LogP contribution in [0.15, 0.2) is 54.9 Å². The van der Waals surface area contributed by atoms with Crippen LogP contribution in [0.2, 0.25) is 0 Å². The predicted molar refractivity (Wildman–Crippen MR) is 95.7 cm³/mol. The number of nitrogens with zero attached hydrogens (tertiary/aromatic N) is 2. The molecule has 0 bridgehead atoms. The van der Waals surface area contributed by atoms with E-state index in [9.17, 15) is 4.79 Å². The number of nitrogens with one attached hydrogen (secondary N) is 1. The highest BCUT2D eigenvalue weighted by Gasteiger charge is 2.12. The summed E-state index contributed by atoms with van der Waals surface area (Å²) < 4.78 is 13.0. The van der Waals surface area contributed by atoms with Gasteiger partial charge in [-0.1, -0.05) is 6.07 Å². The lowest BCUT2D eigenvalue weighted by molar-refractivity contribution is -0.126. The molecule has 6 heteroatoms. The van der Waals surface area contributed by atoms with Crippen molar-refractivity contribution in [2.24, 2.45) is 0 Å². The normalized spacial score (nSPS) is 12.1. The lowest BCUT2D eigenvalue weighted by Gasteiger charge is -2.12. The van der Waals surface area contributed by atoms with Gasteiger partial charge in [0, 0.05) is 24.7 Å². The molecule has 2 heterocycles. The van der Waals surface area contributed by atoms with Crippen LogP contribution in [0.3, 0.4) is 0 Å². The first kappa shape index (κ1) is 17.0. The van der Waals surface area contributed by atoms with Gasteiger partial charge in [-0.05, 0) is 50.2 Å². The van der Waals surface area contributed by atoms with Crippen molar-refractivity contribution in [3.63, 3.8) is 0 Å². The molecule has 0 aliphatic heterocycles. The lowest BCUT2D eigenvalue weighted by atomic mass is 10.3. The zero-order valence-corrected chi connectivity index (χ0v) is 14.3. The number of pyridine rings is 1. The summed E-state index contributed by atoms with van der Waals surface area (Å²) in [5.41, 5.74) is 2.45. The van der Waals surface area contributed by atoms with Gasteiger partial charge >= 0.3 is 0 Å². The Morgan fingerprint density at radius 3 is 2.76 bits per heavy atom. The van der Waals surface area contributed by atoms with Crippen LogP contribution in [-0.2, 0) is 16.1 Å². The summed E-state index contributed by atoms with van der Waals surface area (Å²) in [6.45, 7) is 4.48. The Morgan fingerprint density at radius 1 is 1.24 bits per heavy atom. The molecule has 3 aromatic rings. The topological polar surface area (TPSA) is 64.9 Å². The number of carbonyl (C=O) groups is 1. The largest absolute Gasteiger partial charge is 0.487 e. The Bertz CT molecular complexity index is 810. The Balaban J connectivity index is 1.56. The van der Waals surface area contributed by atoms with Crippen molar-refractivity contribution < 1.29 is 14.3 Å². The fourth-order valence-electron chi connectivity index (χ4n) is 2.42. The van der Waals surface area contributed by atoms with Crippen molar-refractivity contribution in [3.05, 3.63) is 60.6 Å². The van der Waals surface area contributed by atoms with Gasteiger partial charge in [0.15, 0.2) is 0 Å². The summed E-state index contributed by atoms with van der Waals surface area (Å²) in [7, 11) is 0.